The Morgan fingerprint density at radius 3 is 2.76 bits per heavy atom. The van der Waals surface area contributed by atoms with Gasteiger partial charge >= 0.3 is 0 Å². The zero-order chi connectivity index (χ0) is 14.2. The van der Waals surface area contributed by atoms with Crippen LogP contribution in [0.15, 0.2) is 42.9 Å². The maximum atomic E-state index is 12.0. The molecule has 1 atom stereocenters. The number of carbonyl (C=O) groups is 1. The van der Waals surface area contributed by atoms with Crippen molar-refractivity contribution in [3.05, 3.63) is 48.5 Å². The Kier molecular flexibility index (Phi) is 2.77. The van der Waals surface area contributed by atoms with Gasteiger partial charge in [0.1, 0.15) is 12.1 Å². The normalized spacial score (nSPS) is 18.5. The minimum Gasteiger partial charge on any atom is -0.299 e. The zero-order valence-corrected chi connectivity index (χ0v) is 11.4. The van der Waals surface area contributed by atoms with Crippen molar-refractivity contribution < 1.29 is 4.79 Å². The van der Waals surface area contributed by atoms with E-state index >= 15 is 0 Å². The van der Waals surface area contributed by atoms with Gasteiger partial charge in [-0.2, -0.15) is 5.10 Å². The van der Waals surface area contributed by atoms with Gasteiger partial charge in [0.05, 0.1) is 28.9 Å². The summed E-state index contributed by atoms with van der Waals surface area (Å²) < 4.78 is 1.79. The van der Waals surface area contributed by atoms with Gasteiger partial charge in [0.2, 0.25) is 0 Å². The van der Waals surface area contributed by atoms with Crippen molar-refractivity contribution in [2.24, 2.45) is 0 Å². The van der Waals surface area contributed by atoms with Gasteiger partial charge in [0.25, 0.3) is 0 Å². The Morgan fingerprint density at radius 1 is 1.14 bits per heavy atom. The minimum absolute atomic E-state index is 0.0936. The van der Waals surface area contributed by atoms with Gasteiger partial charge in [0.15, 0.2) is 5.65 Å². The van der Waals surface area contributed by atoms with E-state index in [2.05, 4.69) is 15.1 Å². The van der Waals surface area contributed by atoms with Gasteiger partial charge in [0, 0.05) is 6.42 Å². The van der Waals surface area contributed by atoms with Crippen LogP contribution in [0.4, 0.5) is 0 Å². The first kappa shape index (κ1) is 12.2. The van der Waals surface area contributed by atoms with E-state index < -0.39 is 0 Å². The monoisotopic (exact) mass is 278 g/mol. The highest BCUT2D eigenvalue weighted by Crippen LogP contribution is 2.33. The lowest BCUT2D eigenvalue weighted by Crippen LogP contribution is -2.07. The molecule has 5 heteroatoms. The second kappa shape index (κ2) is 4.77. The fraction of sp³-hybridized carbons (Fsp3) is 0.250. The largest absolute Gasteiger partial charge is 0.299 e. The molecule has 104 valence electrons. The quantitative estimate of drug-likeness (QED) is 0.723. The molecule has 2 heterocycles. The van der Waals surface area contributed by atoms with Crippen LogP contribution in [0, 0.1) is 0 Å². The highest BCUT2D eigenvalue weighted by atomic mass is 16.1. The number of benzene rings is 1. The SMILES string of the molecule is O=C1CCCC1c1ncnc2c1cnn2-c1ccccc1. The molecule has 0 amide bonds. The summed E-state index contributed by atoms with van der Waals surface area (Å²) in [5.74, 6) is 0.186. The van der Waals surface area contributed by atoms with E-state index in [1.54, 1.807) is 10.9 Å². The summed E-state index contributed by atoms with van der Waals surface area (Å²) in [7, 11) is 0. The summed E-state index contributed by atoms with van der Waals surface area (Å²) in [5, 5.41) is 5.30. The van der Waals surface area contributed by atoms with E-state index in [0.717, 1.165) is 35.3 Å². The fourth-order valence-corrected chi connectivity index (χ4v) is 3.00. The predicted molar refractivity (Wildman–Crippen MR) is 78.3 cm³/mol. The second-order valence-electron chi connectivity index (χ2n) is 5.30. The maximum Gasteiger partial charge on any atom is 0.166 e. The van der Waals surface area contributed by atoms with Crippen molar-refractivity contribution in [2.75, 3.05) is 0 Å². The van der Waals surface area contributed by atoms with Crippen LogP contribution in [-0.4, -0.2) is 25.5 Å². The number of fused-ring (bicyclic) bond motifs is 1. The lowest BCUT2D eigenvalue weighted by molar-refractivity contribution is -0.118. The lowest BCUT2D eigenvalue weighted by atomic mass is 10.0. The molecule has 3 aromatic rings. The van der Waals surface area contributed by atoms with Crippen molar-refractivity contribution in [1.29, 1.82) is 0 Å². The predicted octanol–water partition coefficient (Wildman–Crippen LogP) is 2.65. The van der Waals surface area contributed by atoms with Crippen LogP contribution in [0.3, 0.4) is 0 Å². The molecule has 1 aliphatic carbocycles. The highest BCUT2D eigenvalue weighted by Gasteiger charge is 2.29. The van der Waals surface area contributed by atoms with Gasteiger partial charge in [-0.3, -0.25) is 4.79 Å². The first-order valence-electron chi connectivity index (χ1n) is 7.11. The molecule has 21 heavy (non-hydrogen) atoms. The first-order valence-corrected chi connectivity index (χ1v) is 7.11. The fourth-order valence-electron chi connectivity index (χ4n) is 3.00. The molecule has 4 rings (SSSR count). The van der Waals surface area contributed by atoms with Crippen molar-refractivity contribution in [2.45, 2.75) is 25.2 Å². The van der Waals surface area contributed by atoms with Crippen LogP contribution in [-0.2, 0) is 4.79 Å². The van der Waals surface area contributed by atoms with E-state index in [1.807, 2.05) is 30.3 Å². The van der Waals surface area contributed by atoms with Crippen LogP contribution < -0.4 is 0 Å². The Hall–Kier alpha value is -2.56. The summed E-state index contributed by atoms with van der Waals surface area (Å²) in [6.07, 6.45) is 5.78. The molecule has 0 radical (unpaired) electrons. The van der Waals surface area contributed by atoms with E-state index in [0.29, 0.717) is 6.42 Å². The van der Waals surface area contributed by atoms with Crippen molar-refractivity contribution in [1.82, 2.24) is 19.7 Å². The molecular weight excluding hydrogens is 264 g/mol. The molecule has 0 N–H and O–H groups in total. The Bertz CT molecular complexity index is 810. The first-order chi connectivity index (χ1) is 10.3. The number of carbonyl (C=O) groups excluding carboxylic acids is 1. The van der Waals surface area contributed by atoms with Crippen LogP contribution in [0.2, 0.25) is 0 Å². The molecule has 2 aromatic heterocycles. The van der Waals surface area contributed by atoms with Crippen LogP contribution >= 0.6 is 0 Å². The average molecular weight is 278 g/mol. The number of nitrogens with zero attached hydrogens (tertiary/aromatic N) is 4. The molecule has 1 aromatic carbocycles. The van der Waals surface area contributed by atoms with Crippen LogP contribution in [0.1, 0.15) is 30.9 Å². The number of para-hydroxylation sites is 1. The lowest BCUT2D eigenvalue weighted by Gasteiger charge is -2.08. The number of aromatic nitrogens is 4. The van der Waals surface area contributed by atoms with Crippen molar-refractivity contribution in [3.8, 4) is 5.69 Å². The maximum absolute atomic E-state index is 12.0. The summed E-state index contributed by atoms with van der Waals surface area (Å²) in [6.45, 7) is 0. The summed E-state index contributed by atoms with van der Waals surface area (Å²) in [5.41, 5.74) is 2.53. The Morgan fingerprint density at radius 2 is 2.00 bits per heavy atom. The third-order valence-corrected chi connectivity index (χ3v) is 4.03. The molecule has 0 bridgehead atoms. The standard InChI is InChI=1S/C16H14N4O/c21-14-8-4-7-12(14)15-13-9-19-20(16(13)18-10-17-15)11-5-2-1-3-6-11/h1-3,5-6,9-10,12H,4,7-8H2. The van der Waals surface area contributed by atoms with Gasteiger partial charge in [-0.1, -0.05) is 18.2 Å². The summed E-state index contributed by atoms with van der Waals surface area (Å²) in [4.78, 5) is 20.7. The summed E-state index contributed by atoms with van der Waals surface area (Å²) in [6, 6.07) is 9.85. The number of ketones is 1. The number of hydrogen-bond donors (Lipinski definition) is 0. The Balaban J connectivity index is 1.89. The molecule has 1 saturated carbocycles. The van der Waals surface area contributed by atoms with Gasteiger partial charge < -0.3 is 0 Å². The van der Waals surface area contributed by atoms with Crippen LogP contribution in [0.25, 0.3) is 16.7 Å². The average Bonchev–Trinajstić information content (AvgIpc) is 3.14. The van der Waals surface area contributed by atoms with E-state index in [9.17, 15) is 4.79 Å². The number of Topliss-reactive ketones (excluding diaryl/α,β-unsaturated/α-hetero) is 1. The smallest absolute Gasteiger partial charge is 0.166 e. The molecule has 0 spiro atoms. The molecular formula is C16H14N4O. The van der Waals surface area contributed by atoms with Crippen molar-refractivity contribution in [3.63, 3.8) is 0 Å². The number of hydrogen-bond acceptors (Lipinski definition) is 4. The molecule has 1 aliphatic rings. The zero-order valence-electron chi connectivity index (χ0n) is 11.4. The van der Waals surface area contributed by atoms with Gasteiger partial charge in [-0.15, -0.1) is 0 Å². The second-order valence-corrected chi connectivity index (χ2v) is 5.30. The third kappa shape index (κ3) is 1.93. The molecule has 0 saturated heterocycles. The Labute approximate surface area is 121 Å². The molecule has 1 unspecified atom stereocenters. The topological polar surface area (TPSA) is 60.7 Å². The third-order valence-electron chi connectivity index (χ3n) is 4.03. The molecule has 0 aliphatic heterocycles. The minimum atomic E-state index is -0.0936. The number of rotatable bonds is 2. The molecule has 1 fully saturated rings. The molecule has 5 nitrogen and oxygen atoms in total. The van der Waals surface area contributed by atoms with E-state index in [1.165, 1.54) is 6.33 Å². The van der Waals surface area contributed by atoms with Crippen LogP contribution in [0.5, 0.6) is 0 Å². The highest BCUT2D eigenvalue weighted by molar-refractivity contribution is 5.92. The summed E-state index contributed by atoms with van der Waals surface area (Å²) >= 11 is 0. The van der Waals surface area contributed by atoms with Gasteiger partial charge in [-0.05, 0) is 25.0 Å². The van der Waals surface area contributed by atoms with Gasteiger partial charge in [-0.25, -0.2) is 14.6 Å². The van der Waals surface area contributed by atoms with E-state index in [-0.39, 0.29) is 11.7 Å². The van der Waals surface area contributed by atoms with Crippen molar-refractivity contribution >= 4 is 16.8 Å². The van der Waals surface area contributed by atoms with E-state index in [4.69, 9.17) is 0 Å².